The molecular weight excluding hydrogens is 358 g/mol. The number of nitrogens with one attached hydrogen (secondary N) is 1. The molecule has 0 aliphatic heterocycles. The fraction of sp³-hybridized carbons (Fsp3) is 0.227. The van der Waals surface area contributed by atoms with Crippen molar-refractivity contribution in [2.75, 3.05) is 0 Å². The molecule has 0 bridgehead atoms. The monoisotopic (exact) mass is 381 g/mol. The molecule has 0 fully saturated rings. The zero-order chi connectivity index (χ0) is 19.2. The van der Waals surface area contributed by atoms with Crippen molar-refractivity contribution in [1.29, 1.82) is 0 Å². The van der Waals surface area contributed by atoms with E-state index in [0.29, 0.717) is 11.5 Å². The second-order valence-electron chi connectivity index (χ2n) is 6.59. The Morgan fingerprint density at radius 3 is 2.41 bits per heavy atom. The van der Waals surface area contributed by atoms with Gasteiger partial charge in [0.05, 0.1) is 11.8 Å². The van der Waals surface area contributed by atoms with Gasteiger partial charge in [-0.15, -0.1) is 0 Å². The normalized spacial score (nSPS) is 13.1. The Labute approximate surface area is 162 Å². The third-order valence-corrected chi connectivity index (χ3v) is 5.55. The second kappa shape index (κ2) is 8.82. The summed E-state index contributed by atoms with van der Waals surface area (Å²) < 4.78 is 18.0. The van der Waals surface area contributed by atoms with Crippen molar-refractivity contribution < 1.29 is 13.4 Å². The molecule has 5 heteroatoms. The maximum absolute atomic E-state index is 12.4. The second-order valence-corrected chi connectivity index (χ2v) is 8.04. The zero-order valence-electron chi connectivity index (χ0n) is 15.5. The number of hydrogen-bond acceptors (Lipinski definition) is 3. The summed E-state index contributed by atoms with van der Waals surface area (Å²) in [5.41, 5.74) is 3.23. The first kappa shape index (κ1) is 19.1. The molecule has 2 aromatic carbocycles. The van der Waals surface area contributed by atoms with Crippen LogP contribution in [0, 0.1) is 6.92 Å². The van der Waals surface area contributed by atoms with Gasteiger partial charge in [0.1, 0.15) is 5.76 Å². The van der Waals surface area contributed by atoms with Crippen molar-refractivity contribution in [2.45, 2.75) is 31.4 Å². The molecule has 0 spiro atoms. The maximum atomic E-state index is 12.4. The number of carbonyl (C=O) groups is 1. The van der Waals surface area contributed by atoms with Crippen LogP contribution < -0.4 is 5.32 Å². The summed E-state index contributed by atoms with van der Waals surface area (Å²) in [6, 6.07) is 21.0. The minimum atomic E-state index is -1.09. The average molecular weight is 381 g/mol. The molecule has 0 aliphatic rings. The predicted molar refractivity (Wildman–Crippen MR) is 108 cm³/mol. The summed E-state index contributed by atoms with van der Waals surface area (Å²) in [4.78, 5) is 12.4. The van der Waals surface area contributed by atoms with Gasteiger partial charge in [-0.3, -0.25) is 9.00 Å². The largest absolute Gasteiger partial charge is 0.455 e. The third-order valence-electron chi connectivity index (χ3n) is 4.28. The van der Waals surface area contributed by atoms with Gasteiger partial charge in [-0.2, -0.15) is 0 Å². The van der Waals surface area contributed by atoms with Crippen LogP contribution in [-0.4, -0.2) is 10.1 Å². The van der Waals surface area contributed by atoms with Gasteiger partial charge in [0, 0.05) is 16.6 Å². The van der Waals surface area contributed by atoms with Crippen LogP contribution in [0.3, 0.4) is 0 Å². The molecular formula is C22H23NO3S. The molecule has 3 aromatic rings. The molecule has 0 saturated heterocycles. The summed E-state index contributed by atoms with van der Waals surface area (Å²) in [5.74, 6) is 1.27. The standard InChI is InChI=1S/C22H23NO3S/c1-16-8-10-18(11-9-16)14-27(25)15-20-12-13-21(26-20)22(24)23-17(2)19-6-4-3-5-7-19/h3-13,17H,14-15H2,1-2H3,(H,23,24)/t17-,27+/m0/s1. The molecule has 3 rings (SSSR count). The van der Waals surface area contributed by atoms with Crippen LogP contribution in [0.5, 0.6) is 0 Å². The van der Waals surface area contributed by atoms with E-state index in [1.165, 1.54) is 5.56 Å². The summed E-state index contributed by atoms with van der Waals surface area (Å²) in [6.45, 7) is 3.95. The topological polar surface area (TPSA) is 59.3 Å². The highest BCUT2D eigenvalue weighted by Crippen LogP contribution is 2.16. The van der Waals surface area contributed by atoms with Crippen molar-refractivity contribution >= 4 is 16.7 Å². The van der Waals surface area contributed by atoms with Gasteiger partial charge in [-0.1, -0.05) is 60.2 Å². The Bertz CT molecular complexity index is 916. The number of furan rings is 1. The maximum Gasteiger partial charge on any atom is 0.287 e. The van der Waals surface area contributed by atoms with E-state index >= 15 is 0 Å². The summed E-state index contributed by atoms with van der Waals surface area (Å²) in [6.07, 6.45) is 0. The van der Waals surface area contributed by atoms with Gasteiger partial charge in [0.2, 0.25) is 0 Å². The SMILES string of the molecule is Cc1ccc(C[S@@](=O)Cc2ccc(C(=O)N[C@@H](C)c3ccccc3)o2)cc1. The van der Waals surface area contributed by atoms with Gasteiger partial charge in [0.25, 0.3) is 5.91 Å². The summed E-state index contributed by atoms with van der Waals surface area (Å²) in [7, 11) is -1.09. The van der Waals surface area contributed by atoms with E-state index < -0.39 is 10.8 Å². The summed E-state index contributed by atoms with van der Waals surface area (Å²) in [5, 5.41) is 2.92. The quantitative estimate of drug-likeness (QED) is 0.654. The van der Waals surface area contributed by atoms with Crippen LogP contribution >= 0.6 is 0 Å². The van der Waals surface area contributed by atoms with E-state index in [1.807, 2.05) is 68.4 Å². The van der Waals surface area contributed by atoms with E-state index in [2.05, 4.69) is 5.32 Å². The molecule has 27 heavy (non-hydrogen) atoms. The van der Waals surface area contributed by atoms with Crippen molar-refractivity contribution in [3.05, 3.63) is 94.9 Å². The molecule has 140 valence electrons. The number of carbonyl (C=O) groups excluding carboxylic acids is 1. The molecule has 0 radical (unpaired) electrons. The van der Waals surface area contributed by atoms with Crippen LogP contribution in [0.15, 0.2) is 71.1 Å². The number of hydrogen-bond donors (Lipinski definition) is 1. The van der Waals surface area contributed by atoms with Crippen molar-refractivity contribution in [3.63, 3.8) is 0 Å². The lowest BCUT2D eigenvalue weighted by Gasteiger charge is -2.13. The van der Waals surface area contributed by atoms with E-state index in [0.717, 1.165) is 11.1 Å². The predicted octanol–water partition coefficient (Wildman–Crippen LogP) is 4.53. The van der Waals surface area contributed by atoms with Crippen molar-refractivity contribution in [3.8, 4) is 0 Å². The van der Waals surface area contributed by atoms with Crippen LogP contribution in [0.1, 0.15) is 46.0 Å². The first-order valence-electron chi connectivity index (χ1n) is 8.86. The van der Waals surface area contributed by atoms with Crippen LogP contribution in [0.4, 0.5) is 0 Å². The van der Waals surface area contributed by atoms with E-state index in [1.54, 1.807) is 12.1 Å². The fourth-order valence-electron chi connectivity index (χ4n) is 2.75. The first-order valence-corrected chi connectivity index (χ1v) is 10.3. The van der Waals surface area contributed by atoms with Gasteiger partial charge in [-0.25, -0.2) is 0 Å². The molecule has 1 heterocycles. The number of rotatable bonds is 7. The first-order chi connectivity index (χ1) is 13.0. The Hall–Kier alpha value is -2.66. The van der Waals surface area contributed by atoms with Crippen molar-refractivity contribution in [1.82, 2.24) is 5.32 Å². The van der Waals surface area contributed by atoms with Gasteiger partial charge in [0.15, 0.2) is 5.76 Å². The van der Waals surface area contributed by atoms with Crippen LogP contribution in [0.25, 0.3) is 0 Å². The zero-order valence-corrected chi connectivity index (χ0v) is 16.3. The lowest BCUT2D eigenvalue weighted by atomic mass is 10.1. The Balaban J connectivity index is 1.56. The van der Waals surface area contributed by atoms with E-state index in [4.69, 9.17) is 4.42 Å². The number of aryl methyl sites for hydroxylation is 1. The Morgan fingerprint density at radius 2 is 1.70 bits per heavy atom. The lowest BCUT2D eigenvalue weighted by molar-refractivity contribution is 0.0910. The third kappa shape index (κ3) is 5.41. The molecule has 1 N–H and O–H groups in total. The fourth-order valence-corrected chi connectivity index (χ4v) is 3.89. The van der Waals surface area contributed by atoms with Gasteiger partial charge >= 0.3 is 0 Å². The van der Waals surface area contributed by atoms with E-state index in [9.17, 15) is 9.00 Å². The molecule has 2 atom stereocenters. The van der Waals surface area contributed by atoms with Crippen LogP contribution in [0.2, 0.25) is 0 Å². The molecule has 4 nitrogen and oxygen atoms in total. The van der Waals surface area contributed by atoms with Crippen LogP contribution in [-0.2, 0) is 22.3 Å². The number of benzene rings is 2. The molecule has 1 amide bonds. The highest BCUT2D eigenvalue weighted by atomic mass is 32.2. The molecule has 0 aliphatic carbocycles. The Morgan fingerprint density at radius 1 is 1.00 bits per heavy atom. The average Bonchev–Trinajstić information content (AvgIpc) is 3.13. The van der Waals surface area contributed by atoms with Gasteiger partial charge < -0.3 is 9.73 Å². The lowest BCUT2D eigenvalue weighted by Crippen LogP contribution is -2.26. The summed E-state index contributed by atoms with van der Waals surface area (Å²) >= 11 is 0. The molecule has 1 aromatic heterocycles. The Kier molecular flexibility index (Phi) is 6.24. The molecule has 0 saturated carbocycles. The highest BCUT2D eigenvalue weighted by Gasteiger charge is 2.16. The smallest absolute Gasteiger partial charge is 0.287 e. The highest BCUT2D eigenvalue weighted by molar-refractivity contribution is 7.83. The minimum Gasteiger partial charge on any atom is -0.455 e. The van der Waals surface area contributed by atoms with Crippen molar-refractivity contribution in [2.24, 2.45) is 0 Å². The van der Waals surface area contributed by atoms with Gasteiger partial charge in [-0.05, 0) is 37.1 Å². The van der Waals surface area contributed by atoms with E-state index in [-0.39, 0.29) is 23.5 Å². The minimum absolute atomic E-state index is 0.122. The number of amides is 1. The molecule has 0 unspecified atom stereocenters.